The lowest BCUT2D eigenvalue weighted by molar-refractivity contribution is -0.136. The van der Waals surface area contributed by atoms with Crippen molar-refractivity contribution in [2.45, 2.75) is 53.0 Å². The molecule has 9 heteroatoms. The summed E-state index contributed by atoms with van der Waals surface area (Å²) in [6.45, 7) is 12.6. The first-order chi connectivity index (χ1) is 20.1. The fourth-order valence-corrected chi connectivity index (χ4v) is 5.08. The van der Waals surface area contributed by atoms with Crippen molar-refractivity contribution < 1.29 is 18.7 Å². The Hall–Kier alpha value is -4.53. The Morgan fingerprint density at radius 3 is 2.69 bits per heavy atom. The van der Waals surface area contributed by atoms with Crippen LogP contribution in [0.15, 0.2) is 76.7 Å². The zero-order valence-electron chi connectivity index (χ0n) is 24.3. The number of para-hydroxylation sites is 1. The zero-order valence-corrected chi connectivity index (χ0v) is 24.3. The Morgan fingerprint density at radius 2 is 1.95 bits per heavy atom. The van der Waals surface area contributed by atoms with Gasteiger partial charge in [0.05, 0.1) is 6.42 Å². The van der Waals surface area contributed by atoms with E-state index in [1.807, 2.05) is 30.3 Å². The number of anilines is 1. The molecule has 8 nitrogen and oxygen atoms in total. The van der Waals surface area contributed by atoms with Crippen LogP contribution in [0.1, 0.15) is 57.6 Å². The number of carboxylic acids is 1. The minimum Gasteiger partial charge on any atom is -0.481 e. The Kier molecular flexibility index (Phi) is 8.38. The predicted octanol–water partition coefficient (Wildman–Crippen LogP) is 7.43. The number of piperidine rings is 1. The van der Waals surface area contributed by atoms with Crippen molar-refractivity contribution in [1.29, 1.82) is 0 Å². The number of hydrogen-bond acceptors (Lipinski definition) is 7. The van der Waals surface area contributed by atoms with Crippen LogP contribution in [0.3, 0.4) is 0 Å². The molecule has 5 rings (SSSR count). The Bertz CT molecular complexity index is 1690. The quantitative estimate of drug-likeness (QED) is 0.151. The average molecular weight is 570 g/mol. The number of carboxylic acid groups (broad SMARTS) is 1. The van der Waals surface area contributed by atoms with Gasteiger partial charge in [0.1, 0.15) is 23.2 Å². The number of benzene rings is 2. The molecule has 0 aliphatic carbocycles. The molecule has 2 N–H and O–H groups in total. The molecular formula is C33H36FN5O3. The van der Waals surface area contributed by atoms with Crippen LogP contribution in [0, 0.1) is 11.2 Å². The van der Waals surface area contributed by atoms with Gasteiger partial charge in [-0.25, -0.2) is 14.4 Å². The molecule has 3 heterocycles. The Balaban J connectivity index is 1.39. The van der Waals surface area contributed by atoms with Crippen LogP contribution in [-0.2, 0) is 11.3 Å². The maximum absolute atomic E-state index is 15.5. The number of aromatic nitrogens is 2. The first kappa shape index (κ1) is 29.0. The van der Waals surface area contributed by atoms with Gasteiger partial charge in [-0.3, -0.25) is 9.79 Å². The molecular weight excluding hydrogens is 533 g/mol. The molecule has 1 saturated heterocycles. The van der Waals surface area contributed by atoms with E-state index >= 15 is 4.39 Å². The van der Waals surface area contributed by atoms with Gasteiger partial charge >= 0.3 is 5.97 Å². The number of nitrogens with one attached hydrogen (secondary N) is 1. The molecule has 1 aliphatic heterocycles. The lowest BCUT2D eigenvalue weighted by atomic mass is 9.82. The average Bonchev–Trinajstić information content (AvgIpc) is 3.35. The van der Waals surface area contributed by atoms with E-state index in [1.54, 1.807) is 19.2 Å². The highest BCUT2D eigenvalue weighted by Crippen LogP contribution is 2.35. The summed E-state index contributed by atoms with van der Waals surface area (Å²) < 4.78 is 21.5. The molecule has 1 fully saturated rings. The Morgan fingerprint density at radius 1 is 1.19 bits per heavy atom. The van der Waals surface area contributed by atoms with Crippen LogP contribution in [0.4, 0.5) is 10.2 Å². The van der Waals surface area contributed by atoms with Gasteiger partial charge in [-0.15, -0.1) is 0 Å². The number of halogens is 1. The minimum atomic E-state index is -0.872. The number of allylic oxidation sites excluding steroid dienone is 1. The van der Waals surface area contributed by atoms with Gasteiger partial charge in [0, 0.05) is 53.8 Å². The summed E-state index contributed by atoms with van der Waals surface area (Å²) in [5, 5.41) is 13.1. The van der Waals surface area contributed by atoms with E-state index in [0.29, 0.717) is 51.3 Å². The largest absolute Gasteiger partial charge is 0.481 e. The molecule has 0 spiro atoms. The minimum absolute atomic E-state index is 0.00363. The van der Waals surface area contributed by atoms with E-state index in [1.165, 1.54) is 12.4 Å². The second-order valence-corrected chi connectivity index (χ2v) is 11.6. The first-order valence-electron chi connectivity index (χ1n) is 14.2. The monoisotopic (exact) mass is 569 g/mol. The standard InChI is InChI=1S/C33H36FN5O3/c1-21(9-12-29(40)41)35-19-26(22(2)39-15-13-33(3,4)14-16-39)23-10-11-24(27(34)17-23)18-36-32-31-30(37-20-38-32)25-7-5-6-8-28(25)42-31/h5-8,10-11,17,19-20H,2,9,12-16,18H2,1,3-4H3,(H,40,41)(H,36,37,38)/b26-19+,35-21?. The van der Waals surface area contributed by atoms with E-state index in [-0.39, 0.29) is 24.2 Å². The van der Waals surface area contributed by atoms with E-state index in [0.717, 1.165) is 37.0 Å². The summed E-state index contributed by atoms with van der Waals surface area (Å²) >= 11 is 0. The van der Waals surface area contributed by atoms with Gasteiger partial charge in [-0.2, -0.15) is 0 Å². The van der Waals surface area contributed by atoms with Gasteiger partial charge in [-0.05, 0) is 55.4 Å². The molecule has 42 heavy (non-hydrogen) atoms. The van der Waals surface area contributed by atoms with Crippen molar-refractivity contribution in [2.75, 3.05) is 18.4 Å². The van der Waals surface area contributed by atoms with Crippen molar-refractivity contribution in [3.8, 4) is 0 Å². The highest BCUT2D eigenvalue weighted by atomic mass is 19.1. The van der Waals surface area contributed by atoms with Gasteiger partial charge < -0.3 is 19.7 Å². The molecule has 0 amide bonds. The van der Waals surface area contributed by atoms with Crippen LogP contribution in [0.2, 0.25) is 0 Å². The molecule has 0 bridgehead atoms. The van der Waals surface area contributed by atoms with E-state index in [2.05, 4.69) is 45.6 Å². The summed E-state index contributed by atoms with van der Waals surface area (Å²) in [5.41, 5.74) is 5.50. The molecule has 0 atom stereocenters. The number of likely N-dealkylation sites (tertiary alicyclic amines) is 1. The maximum atomic E-state index is 15.5. The molecule has 0 radical (unpaired) electrons. The molecule has 0 saturated carbocycles. The smallest absolute Gasteiger partial charge is 0.303 e. The third-order valence-corrected chi connectivity index (χ3v) is 7.89. The molecule has 218 valence electrons. The number of furan rings is 1. The van der Waals surface area contributed by atoms with E-state index in [4.69, 9.17) is 9.52 Å². The number of rotatable bonds is 10. The van der Waals surface area contributed by atoms with Crippen LogP contribution >= 0.6 is 0 Å². The van der Waals surface area contributed by atoms with Crippen LogP contribution < -0.4 is 5.32 Å². The zero-order chi connectivity index (χ0) is 29.9. The lowest BCUT2D eigenvalue weighted by Crippen LogP contribution is -2.36. The third kappa shape index (κ3) is 6.51. The second-order valence-electron chi connectivity index (χ2n) is 11.6. The van der Waals surface area contributed by atoms with Crippen molar-refractivity contribution in [2.24, 2.45) is 10.4 Å². The fraction of sp³-hybridized carbons (Fsp3) is 0.333. The van der Waals surface area contributed by atoms with Gasteiger partial charge in [0.2, 0.25) is 0 Å². The fourth-order valence-electron chi connectivity index (χ4n) is 5.08. The van der Waals surface area contributed by atoms with Crippen LogP contribution in [0.25, 0.3) is 27.6 Å². The molecule has 2 aromatic carbocycles. The highest BCUT2D eigenvalue weighted by molar-refractivity contribution is 6.05. The molecule has 1 aliphatic rings. The van der Waals surface area contributed by atoms with Gasteiger partial charge in [-0.1, -0.05) is 44.7 Å². The molecule has 0 unspecified atom stereocenters. The van der Waals surface area contributed by atoms with Gasteiger partial charge in [0.15, 0.2) is 11.4 Å². The van der Waals surface area contributed by atoms with Crippen molar-refractivity contribution in [1.82, 2.24) is 14.9 Å². The number of nitrogens with zero attached hydrogens (tertiary/aromatic N) is 4. The summed E-state index contributed by atoms with van der Waals surface area (Å²) in [6.07, 6.45) is 5.55. The summed E-state index contributed by atoms with van der Waals surface area (Å²) in [7, 11) is 0. The second kappa shape index (κ2) is 12.1. The number of carbonyl (C=O) groups is 1. The number of fused-ring (bicyclic) bond motifs is 3. The third-order valence-electron chi connectivity index (χ3n) is 7.89. The van der Waals surface area contributed by atoms with Crippen LogP contribution in [0.5, 0.6) is 0 Å². The normalized spacial score (nSPS) is 15.8. The highest BCUT2D eigenvalue weighted by Gasteiger charge is 2.27. The SMILES string of the molecule is C=C(/C(=C\N=C(C)CCC(=O)O)c1ccc(CNc2ncnc3c2oc2ccccc23)c(F)c1)N1CCC(C)(C)CC1. The van der Waals surface area contributed by atoms with Crippen molar-refractivity contribution in [3.05, 3.63) is 84.2 Å². The van der Waals surface area contributed by atoms with Crippen molar-refractivity contribution in [3.63, 3.8) is 0 Å². The lowest BCUT2D eigenvalue weighted by Gasteiger charge is -2.39. The van der Waals surface area contributed by atoms with Crippen molar-refractivity contribution >= 4 is 45.1 Å². The van der Waals surface area contributed by atoms with E-state index < -0.39 is 5.97 Å². The molecule has 4 aromatic rings. The predicted molar refractivity (Wildman–Crippen MR) is 165 cm³/mol. The summed E-state index contributed by atoms with van der Waals surface area (Å²) in [4.78, 5) is 26.5. The first-order valence-corrected chi connectivity index (χ1v) is 14.2. The Labute approximate surface area is 244 Å². The number of hydrogen-bond donors (Lipinski definition) is 2. The summed E-state index contributed by atoms with van der Waals surface area (Å²) in [6, 6.07) is 12.8. The topological polar surface area (TPSA) is 104 Å². The molecule has 2 aromatic heterocycles. The number of aliphatic imine (C=N–C) groups is 1. The summed E-state index contributed by atoms with van der Waals surface area (Å²) in [5.74, 6) is -0.754. The van der Waals surface area contributed by atoms with E-state index in [9.17, 15) is 4.79 Å². The van der Waals surface area contributed by atoms with Crippen LogP contribution in [-0.4, -0.2) is 44.7 Å². The van der Waals surface area contributed by atoms with Gasteiger partial charge in [0.25, 0.3) is 0 Å². The number of aliphatic carboxylic acids is 1. The maximum Gasteiger partial charge on any atom is 0.303 e.